The number of pyridine rings is 1. The summed E-state index contributed by atoms with van der Waals surface area (Å²) in [7, 11) is 0. The number of benzene rings is 2. The number of aliphatic hydroxyl groups is 1. The zero-order chi connectivity index (χ0) is 20.3. The zero-order valence-corrected chi connectivity index (χ0v) is 16.0. The predicted octanol–water partition coefficient (Wildman–Crippen LogP) is 3.52. The van der Waals surface area contributed by atoms with Crippen LogP contribution in [0.1, 0.15) is 34.5 Å². The second-order valence-corrected chi connectivity index (χ2v) is 7.24. The highest BCUT2D eigenvalue weighted by Crippen LogP contribution is 2.42. The van der Waals surface area contributed by atoms with Gasteiger partial charge in [0, 0.05) is 18.3 Å². The molecule has 5 nitrogen and oxygen atoms in total. The topological polar surface area (TPSA) is 70.5 Å². The van der Waals surface area contributed by atoms with E-state index in [0.717, 1.165) is 12.8 Å². The highest BCUT2D eigenvalue weighted by molar-refractivity contribution is 6.10. The van der Waals surface area contributed by atoms with Crippen molar-refractivity contribution in [2.45, 2.75) is 24.9 Å². The van der Waals surface area contributed by atoms with Crippen molar-refractivity contribution < 1.29 is 14.7 Å². The lowest BCUT2D eigenvalue weighted by Crippen LogP contribution is -2.42. The number of hydrogen-bond acceptors (Lipinski definition) is 4. The summed E-state index contributed by atoms with van der Waals surface area (Å²) >= 11 is 0. The summed E-state index contributed by atoms with van der Waals surface area (Å²) < 4.78 is 0. The van der Waals surface area contributed by atoms with Gasteiger partial charge in [-0.15, -0.1) is 0 Å². The van der Waals surface area contributed by atoms with Crippen LogP contribution in [-0.2, 0) is 16.8 Å². The zero-order valence-electron chi connectivity index (χ0n) is 16.0. The maximum absolute atomic E-state index is 13.2. The van der Waals surface area contributed by atoms with E-state index in [1.165, 1.54) is 11.8 Å². The number of amides is 1. The summed E-state index contributed by atoms with van der Waals surface area (Å²) in [5, 5.41) is 11.3. The SMILES string of the molecule is O=C(C[C@]1(O)C(=O)N(CCCc2ccccc2)c2ccccc21)c1ccccn1. The lowest BCUT2D eigenvalue weighted by molar-refractivity contribution is -0.135. The first-order chi connectivity index (χ1) is 14.1. The molecule has 1 N–H and O–H groups in total. The minimum absolute atomic E-state index is 0.244. The quantitative estimate of drug-likeness (QED) is 0.631. The van der Waals surface area contributed by atoms with E-state index in [1.807, 2.05) is 30.3 Å². The third-order valence-corrected chi connectivity index (χ3v) is 5.30. The number of aromatic nitrogens is 1. The molecule has 1 amide bonds. The Morgan fingerprint density at radius 3 is 2.45 bits per heavy atom. The summed E-state index contributed by atoms with van der Waals surface area (Å²) in [6.45, 7) is 0.477. The van der Waals surface area contributed by atoms with E-state index in [-0.39, 0.29) is 17.9 Å². The fourth-order valence-electron chi connectivity index (χ4n) is 3.84. The number of para-hydroxylation sites is 1. The van der Waals surface area contributed by atoms with Crippen molar-refractivity contribution in [1.82, 2.24) is 4.98 Å². The number of fused-ring (bicyclic) bond motifs is 1. The molecule has 146 valence electrons. The molecule has 1 aliphatic heterocycles. The molecule has 5 heteroatoms. The van der Waals surface area contributed by atoms with E-state index in [4.69, 9.17) is 0 Å². The third kappa shape index (κ3) is 3.69. The predicted molar refractivity (Wildman–Crippen MR) is 111 cm³/mol. The van der Waals surface area contributed by atoms with Crippen molar-refractivity contribution >= 4 is 17.4 Å². The maximum atomic E-state index is 13.2. The van der Waals surface area contributed by atoms with E-state index in [0.29, 0.717) is 17.8 Å². The van der Waals surface area contributed by atoms with Gasteiger partial charge in [-0.25, -0.2) is 0 Å². The molecule has 2 heterocycles. The van der Waals surface area contributed by atoms with Crippen LogP contribution in [0.2, 0.25) is 0 Å². The lowest BCUT2D eigenvalue weighted by Gasteiger charge is -2.22. The van der Waals surface area contributed by atoms with Crippen molar-refractivity contribution in [1.29, 1.82) is 0 Å². The average molecular weight is 386 g/mol. The van der Waals surface area contributed by atoms with Gasteiger partial charge in [-0.1, -0.05) is 54.6 Å². The van der Waals surface area contributed by atoms with Crippen molar-refractivity contribution in [2.24, 2.45) is 0 Å². The van der Waals surface area contributed by atoms with Crippen LogP contribution < -0.4 is 4.90 Å². The number of hydrogen-bond donors (Lipinski definition) is 1. The number of aryl methyl sites for hydroxylation is 1. The van der Waals surface area contributed by atoms with Crippen LogP contribution in [0.15, 0.2) is 79.0 Å². The Morgan fingerprint density at radius 1 is 0.966 bits per heavy atom. The Labute approximate surface area is 169 Å². The maximum Gasteiger partial charge on any atom is 0.264 e. The molecule has 1 aromatic heterocycles. The number of carbonyl (C=O) groups is 2. The van der Waals surface area contributed by atoms with E-state index < -0.39 is 11.5 Å². The van der Waals surface area contributed by atoms with Gasteiger partial charge in [-0.2, -0.15) is 0 Å². The summed E-state index contributed by atoms with van der Waals surface area (Å²) in [5.74, 6) is -0.807. The standard InChI is InChI=1S/C24H22N2O3/c27-22(20-13-6-7-15-25-20)17-24(29)19-12-4-5-14-21(19)26(23(24)28)16-8-11-18-9-2-1-3-10-18/h1-7,9-10,12-15,29H,8,11,16-17H2/t24-/m1/s1. The minimum atomic E-state index is -1.86. The van der Waals surface area contributed by atoms with E-state index >= 15 is 0 Å². The van der Waals surface area contributed by atoms with Crippen LogP contribution in [0.3, 0.4) is 0 Å². The Balaban J connectivity index is 1.54. The summed E-state index contributed by atoms with van der Waals surface area (Å²) in [6, 6.07) is 22.2. The molecule has 0 unspecified atom stereocenters. The lowest BCUT2D eigenvalue weighted by atomic mass is 9.89. The first-order valence-corrected chi connectivity index (χ1v) is 9.71. The van der Waals surface area contributed by atoms with Crippen LogP contribution in [0.4, 0.5) is 5.69 Å². The van der Waals surface area contributed by atoms with Crippen LogP contribution >= 0.6 is 0 Å². The molecular weight excluding hydrogens is 364 g/mol. The van der Waals surface area contributed by atoms with Gasteiger partial charge < -0.3 is 10.0 Å². The number of nitrogens with zero attached hydrogens (tertiary/aromatic N) is 2. The van der Waals surface area contributed by atoms with Gasteiger partial charge in [0.25, 0.3) is 5.91 Å². The molecule has 0 bridgehead atoms. The fourth-order valence-corrected chi connectivity index (χ4v) is 3.84. The number of ketones is 1. The van der Waals surface area contributed by atoms with E-state index in [2.05, 4.69) is 17.1 Å². The van der Waals surface area contributed by atoms with Gasteiger partial charge in [-0.3, -0.25) is 14.6 Å². The monoisotopic (exact) mass is 386 g/mol. The van der Waals surface area contributed by atoms with Crippen molar-refractivity contribution in [3.05, 3.63) is 95.8 Å². The molecule has 2 aromatic carbocycles. The molecule has 0 spiro atoms. The van der Waals surface area contributed by atoms with Crippen molar-refractivity contribution in [2.75, 3.05) is 11.4 Å². The Kier molecular flexibility index (Phi) is 5.23. The van der Waals surface area contributed by atoms with Gasteiger partial charge in [-0.05, 0) is 36.6 Å². The van der Waals surface area contributed by atoms with Gasteiger partial charge in [0.1, 0.15) is 5.69 Å². The molecule has 29 heavy (non-hydrogen) atoms. The third-order valence-electron chi connectivity index (χ3n) is 5.30. The highest BCUT2D eigenvalue weighted by Gasteiger charge is 2.50. The first kappa shape index (κ1) is 19.0. The Hall–Kier alpha value is -3.31. The number of anilines is 1. The first-order valence-electron chi connectivity index (χ1n) is 9.71. The number of rotatable bonds is 7. The number of Topliss-reactive ketones (excluding diaryl/α,β-unsaturated/α-hetero) is 1. The van der Waals surface area contributed by atoms with Gasteiger partial charge >= 0.3 is 0 Å². The van der Waals surface area contributed by atoms with Crippen molar-refractivity contribution in [3.8, 4) is 0 Å². The second-order valence-electron chi connectivity index (χ2n) is 7.24. The molecular formula is C24H22N2O3. The largest absolute Gasteiger partial charge is 0.375 e. The van der Waals surface area contributed by atoms with Crippen LogP contribution in [0, 0.1) is 0 Å². The molecule has 1 atom stereocenters. The average Bonchev–Trinajstić information content (AvgIpc) is 2.97. The Bertz CT molecular complexity index is 1020. The summed E-state index contributed by atoms with van der Waals surface area (Å²) in [6.07, 6.45) is 2.79. The summed E-state index contributed by atoms with van der Waals surface area (Å²) in [4.78, 5) is 31.5. The smallest absolute Gasteiger partial charge is 0.264 e. The molecule has 4 rings (SSSR count). The van der Waals surface area contributed by atoms with Crippen LogP contribution in [0.5, 0.6) is 0 Å². The molecule has 0 saturated heterocycles. The molecule has 3 aromatic rings. The molecule has 0 radical (unpaired) electrons. The second kappa shape index (κ2) is 7.97. The molecule has 0 saturated carbocycles. The Morgan fingerprint density at radius 2 is 1.69 bits per heavy atom. The van der Waals surface area contributed by atoms with Crippen LogP contribution in [-0.4, -0.2) is 28.3 Å². The highest BCUT2D eigenvalue weighted by atomic mass is 16.3. The summed E-state index contributed by atoms with van der Waals surface area (Å²) in [5.41, 5.74) is 0.732. The molecule has 0 aliphatic carbocycles. The minimum Gasteiger partial charge on any atom is -0.375 e. The van der Waals surface area contributed by atoms with E-state index in [1.54, 1.807) is 35.2 Å². The fraction of sp³-hybridized carbons (Fsp3) is 0.208. The number of carbonyl (C=O) groups excluding carboxylic acids is 2. The van der Waals surface area contributed by atoms with Crippen LogP contribution in [0.25, 0.3) is 0 Å². The van der Waals surface area contributed by atoms with E-state index in [9.17, 15) is 14.7 Å². The van der Waals surface area contributed by atoms with Gasteiger partial charge in [0.2, 0.25) is 0 Å². The van der Waals surface area contributed by atoms with Gasteiger partial charge in [0.15, 0.2) is 11.4 Å². The van der Waals surface area contributed by atoms with Crippen molar-refractivity contribution in [3.63, 3.8) is 0 Å². The molecule has 0 fully saturated rings. The van der Waals surface area contributed by atoms with Gasteiger partial charge in [0.05, 0.1) is 12.1 Å². The normalized spacial score (nSPS) is 18.0. The molecule has 1 aliphatic rings.